The smallest absolute Gasteiger partial charge is 0.201 e. The largest absolute Gasteiger partial charge is 0.399 e. The zero-order valence-corrected chi connectivity index (χ0v) is 9.96. The number of nitrogen functional groups attached to an aromatic ring is 1. The summed E-state index contributed by atoms with van der Waals surface area (Å²) in [4.78, 5) is 7.69. The summed E-state index contributed by atoms with van der Waals surface area (Å²) in [5.41, 5.74) is 8.41. The third-order valence-corrected chi connectivity index (χ3v) is 2.85. The SMILES string of the molecule is CCC(C)(C)Nc1nc2ccc(N)cc2[nH]1. The van der Waals surface area contributed by atoms with Crippen LogP contribution in [-0.4, -0.2) is 15.5 Å². The molecule has 0 atom stereocenters. The molecule has 0 amide bonds. The molecule has 86 valence electrons. The third-order valence-electron chi connectivity index (χ3n) is 2.85. The molecule has 4 N–H and O–H groups in total. The summed E-state index contributed by atoms with van der Waals surface area (Å²) >= 11 is 0. The molecule has 2 aromatic rings. The molecule has 1 heterocycles. The van der Waals surface area contributed by atoms with Gasteiger partial charge in [-0.05, 0) is 38.5 Å². The van der Waals surface area contributed by atoms with E-state index in [-0.39, 0.29) is 5.54 Å². The Morgan fingerprint density at radius 1 is 1.44 bits per heavy atom. The Hall–Kier alpha value is -1.71. The van der Waals surface area contributed by atoms with Gasteiger partial charge in [0.05, 0.1) is 11.0 Å². The number of hydrogen-bond donors (Lipinski definition) is 3. The number of nitrogens with zero attached hydrogens (tertiary/aromatic N) is 1. The van der Waals surface area contributed by atoms with Crippen LogP contribution >= 0.6 is 0 Å². The van der Waals surface area contributed by atoms with Crippen molar-refractivity contribution in [2.45, 2.75) is 32.7 Å². The molecule has 0 aliphatic carbocycles. The minimum Gasteiger partial charge on any atom is -0.399 e. The normalized spacial score (nSPS) is 11.9. The standard InChI is InChI=1S/C12H18N4/c1-4-12(2,3)16-11-14-9-6-5-8(13)7-10(9)15-11/h5-7H,4,13H2,1-3H3,(H2,14,15,16). The number of imidazole rings is 1. The van der Waals surface area contributed by atoms with E-state index < -0.39 is 0 Å². The molecule has 0 radical (unpaired) electrons. The van der Waals surface area contributed by atoms with Gasteiger partial charge in [-0.15, -0.1) is 0 Å². The maximum Gasteiger partial charge on any atom is 0.201 e. The molecule has 0 aliphatic rings. The fraction of sp³-hybridized carbons (Fsp3) is 0.417. The predicted octanol–water partition coefficient (Wildman–Crippen LogP) is 2.75. The number of H-pyrrole nitrogens is 1. The number of nitrogens with one attached hydrogen (secondary N) is 2. The van der Waals surface area contributed by atoms with Crippen molar-refractivity contribution in [2.24, 2.45) is 0 Å². The van der Waals surface area contributed by atoms with E-state index in [1.54, 1.807) is 0 Å². The summed E-state index contributed by atoms with van der Waals surface area (Å²) in [5, 5.41) is 3.37. The zero-order chi connectivity index (χ0) is 11.8. The van der Waals surface area contributed by atoms with Gasteiger partial charge in [0, 0.05) is 11.2 Å². The van der Waals surface area contributed by atoms with Gasteiger partial charge < -0.3 is 16.0 Å². The maximum atomic E-state index is 5.72. The van der Waals surface area contributed by atoms with E-state index in [0.717, 1.165) is 29.1 Å². The summed E-state index contributed by atoms with van der Waals surface area (Å²) in [5.74, 6) is 0.799. The summed E-state index contributed by atoms with van der Waals surface area (Å²) in [6.07, 6.45) is 1.03. The molecular formula is C12H18N4. The maximum absolute atomic E-state index is 5.72. The highest BCUT2D eigenvalue weighted by molar-refractivity contribution is 5.80. The third kappa shape index (κ3) is 2.10. The molecule has 4 heteroatoms. The van der Waals surface area contributed by atoms with Crippen molar-refractivity contribution in [2.75, 3.05) is 11.1 Å². The molecule has 0 unspecified atom stereocenters. The number of aromatic nitrogens is 2. The van der Waals surface area contributed by atoms with Gasteiger partial charge in [0.15, 0.2) is 0 Å². The summed E-state index contributed by atoms with van der Waals surface area (Å²) in [6.45, 7) is 6.44. The minimum absolute atomic E-state index is 0.0411. The summed E-state index contributed by atoms with van der Waals surface area (Å²) in [7, 11) is 0. The molecule has 0 aliphatic heterocycles. The lowest BCUT2D eigenvalue weighted by Gasteiger charge is -2.23. The zero-order valence-electron chi connectivity index (χ0n) is 9.96. The first-order chi connectivity index (χ1) is 7.50. The number of aromatic amines is 1. The van der Waals surface area contributed by atoms with Crippen LogP contribution < -0.4 is 11.1 Å². The Kier molecular flexibility index (Phi) is 2.50. The highest BCUT2D eigenvalue weighted by Crippen LogP contribution is 2.20. The highest BCUT2D eigenvalue weighted by Gasteiger charge is 2.16. The van der Waals surface area contributed by atoms with Gasteiger partial charge in [-0.1, -0.05) is 6.92 Å². The van der Waals surface area contributed by atoms with Crippen molar-refractivity contribution in [3.8, 4) is 0 Å². The molecule has 1 aromatic heterocycles. The lowest BCUT2D eigenvalue weighted by molar-refractivity contribution is 0.543. The Morgan fingerprint density at radius 3 is 2.88 bits per heavy atom. The van der Waals surface area contributed by atoms with Crippen LogP contribution in [0.2, 0.25) is 0 Å². The molecule has 0 saturated heterocycles. The topological polar surface area (TPSA) is 66.7 Å². The predicted molar refractivity (Wildman–Crippen MR) is 68.5 cm³/mol. The van der Waals surface area contributed by atoms with E-state index in [1.807, 2.05) is 18.2 Å². The molecule has 2 rings (SSSR count). The van der Waals surface area contributed by atoms with Crippen molar-refractivity contribution < 1.29 is 0 Å². The average Bonchev–Trinajstić information content (AvgIpc) is 2.58. The van der Waals surface area contributed by atoms with Crippen molar-refractivity contribution in [3.63, 3.8) is 0 Å². The monoisotopic (exact) mass is 218 g/mol. The van der Waals surface area contributed by atoms with E-state index in [2.05, 4.69) is 36.1 Å². The van der Waals surface area contributed by atoms with Crippen molar-refractivity contribution in [1.29, 1.82) is 0 Å². The van der Waals surface area contributed by atoms with Crippen molar-refractivity contribution >= 4 is 22.7 Å². The van der Waals surface area contributed by atoms with Gasteiger partial charge >= 0.3 is 0 Å². The Bertz CT molecular complexity index is 499. The van der Waals surface area contributed by atoms with Crippen LogP contribution in [0.4, 0.5) is 11.6 Å². The van der Waals surface area contributed by atoms with Crippen molar-refractivity contribution in [3.05, 3.63) is 18.2 Å². The second-order valence-electron chi connectivity index (χ2n) is 4.72. The van der Waals surface area contributed by atoms with Gasteiger partial charge in [-0.2, -0.15) is 0 Å². The number of rotatable bonds is 3. The first-order valence-corrected chi connectivity index (χ1v) is 5.53. The fourth-order valence-electron chi connectivity index (χ4n) is 1.50. The lowest BCUT2D eigenvalue weighted by atomic mass is 10.0. The van der Waals surface area contributed by atoms with Gasteiger partial charge in [0.2, 0.25) is 5.95 Å². The second kappa shape index (κ2) is 3.70. The number of anilines is 2. The summed E-state index contributed by atoms with van der Waals surface area (Å²) < 4.78 is 0. The summed E-state index contributed by atoms with van der Waals surface area (Å²) in [6, 6.07) is 5.68. The first kappa shape index (κ1) is 10.8. The Labute approximate surface area is 95.3 Å². The van der Waals surface area contributed by atoms with Crippen LogP contribution in [0.25, 0.3) is 11.0 Å². The molecule has 0 spiro atoms. The molecule has 1 aromatic carbocycles. The van der Waals surface area contributed by atoms with Crippen LogP contribution in [0.5, 0.6) is 0 Å². The van der Waals surface area contributed by atoms with Gasteiger partial charge in [0.25, 0.3) is 0 Å². The van der Waals surface area contributed by atoms with E-state index in [9.17, 15) is 0 Å². The highest BCUT2D eigenvalue weighted by atomic mass is 15.1. The molecule has 0 fully saturated rings. The van der Waals surface area contributed by atoms with Crippen LogP contribution in [-0.2, 0) is 0 Å². The molecule has 4 nitrogen and oxygen atoms in total. The second-order valence-corrected chi connectivity index (χ2v) is 4.72. The molecule has 16 heavy (non-hydrogen) atoms. The first-order valence-electron chi connectivity index (χ1n) is 5.53. The van der Waals surface area contributed by atoms with Crippen LogP contribution in [0.15, 0.2) is 18.2 Å². The van der Waals surface area contributed by atoms with E-state index >= 15 is 0 Å². The van der Waals surface area contributed by atoms with Crippen molar-refractivity contribution in [1.82, 2.24) is 9.97 Å². The van der Waals surface area contributed by atoms with E-state index in [0.29, 0.717) is 0 Å². The molecule has 0 saturated carbocycles. The Morgan fingerprint density at radius 2 is 2.19 bits per heavy atom. The van der Waals surface area contributed by atoms with E-state index in [4.69, 9.17) is 5.73 Å². The van der Waals surface area contributed by atoms with Crippen LogP contribution in [0.3, 0.4) is 0 Å². The fourth-order valence-corrected chi connectivity index (χ4v) is 1.50. The Balaban J connectivity index is 2.33. The lowest BCUT2D eigenvalue weighted by Crippen LogP contribution is -2.30. The number of nitrogens with two attached hydrogens (primary N) is 1. The number of fused-ring (bicyclic) bond motifs is 1. The van der Waals surface area contributed by atoms with E-state index in [1.165, 1.54) is 0 Å². The number of hydrogen-bond acceptors (Lipinski definition) is 3. The van der Waals surface area contributed by atoms with Gasteiger partial charge in [0.1, 0.15) is 0 Å². The van der Waals surface area contributed by atoms with Gasteiger partial charge in [-0.25, -0.2) is 4.98 Å². The molecule has 0 bridgehead atoms. The van der Waals surface area contributed by atoms with Gasteiger partial charge in [-0.3, -0.25) is 0 Å². The average molecular weight is 218 g/mol. The quantitative estimate of drug-likeness (QED) is 0.694. The van der Waals surface area contributed by atoms with Crippen LogP contribution in [0.1, 0.15) is 27.2 Å². The minimum atomic E-state index is 0.0411. The number of benzene rings is 1. The van der Waals surface area contributed by atoms with Crippen LogP contribution in [0, 0.1) is 0 Å². The molecular weight excluding hydrogens is 200 g/mol.